The van der Waals surface area contributed by atoms with E-state index in [0.717, 1.165) is 32.5 Å². The molecule has 4 rings (SSSR count). The zero-order chi connectivity index (χ0) is 21.6. The number of piperidine rings is 1. The van der Waals surface area contributed by atoms with Gasteiger partial charge < -0.3 is 20.1 Å². The van der Waals surface area contributed by atoms with E-state index in [0.29, 0.717) is 35.3 Å². The summed E-state index contributed by atoms with van der Waals surface area (Å²) < 4.78 is 15.2. The minimum Gasteiger partial charge on any atom is -0.360 e. The highest BCUT2D eigenvalue weighted by Crippen LogP contribution is 2.13. The van der Waals surface area contributed by atoms with E-state index in [1.807, 2.05) is 18.2 Å². The number of fused-ring (bicyclic) bond motifs is 1. The van der Waals surface area contributed by atoms with Gasteiger partial charge in [-0.05, 0) is 36.7 Å². The molecule has 0 spiro atoms. The summed E-state index contributed by atoms with van der Waals surface area (Å²) in [6, 6.07) is 15.0. The van der Waals surface area contributed by atoms with E-state index in [1.165, 1.54) is 23.9 Å². The summed E-state index contributed by atoms with van der Waals surface area (Å²) in [5.41, 5.74) is 2.23. The van der Waals surface area contributed by atoms with Crippen molar-refractivity contribution in [2.45, 2.75) is 32.0 Å². The van der Waals surface area contributed by atoms with E-state index < -0.39 is 5.82 Å². The fraction of sp³-hybridized carbons (Fsp3) is 0.348. The molecule has 2 aromatic heterocycles. The molecule has 0 unspecified atom stereocenters. The first-order valence-corrected chi connectivity index (χ1v) is 10.9. The minimum absolute atomic E-state index is 0.133. The molecule has 31 heavy (non-hydrogen) atoms. The van der Waals surface area contributed by atoms with Crippen molar-refractivity contribution in [1.29, 1.82) is 0 Å². The molecule has 6 nitrogen and oxygen atoms in total. The second-order valence-electron chi connectivity index (χ2n) is 7.81. The molecule has 0 bridgehead atoms. The number of hydrogen-bond acceptors (Lipinski definition) is 4. The number of aromatic nitrogens is 2. The second kappa shape index (κ2) is 9.98. The standard InChI is InChI=1S/C23H26FN5OS/c24-18-14-21-20(25-16-18)6-7-22(30)29(21)13-12-28-10-8-19(9-11-28)27-23(31)26-15-17-4-2-1-3-5-17/h1-7,14,16,19H,8-13,15H2,(H2,26,27,31). The lowest BCUT2D eigenvalue weighted by atomic mass is 10.1. The largest absolute Gasteiger partial charge is 0.360 e. The Bertz CT molecular complexity index is 1100. The van der Waals surface area contributed by atoms with Gasteiger partial charge in [0.05, 0.1) is 17.2 Å². The molecule has 3 aromatic rings. The Morgan fingerprint density at radius 3 is 2.68 bits per heavy atom. The first-order valence-electron chi connectivity index (χ1n) is 10.5. The molecule has 1 aromatic carbocycles. The smallest absolute Gasteiger partial charge is 0.251 e. The van der Waals surface area contributed by atoms with Gasteiger partial charge in [-0.3, -0.25) is 9.78 Å². The van der Waals surface area contributed by atoms with Crippen LogP contribution in [0.4, 0.5) is 4.39 Å². The van der Waals surface area contributed by atoms with Crippen LogP contribution in [-0.2, 0) is 13.1 Å². The van der Waals surface area contributed by atoms with Crippen LogP contribution in [0.2, 0.25) is 0 Å². The molecule has 1 aliphatic rings. The summed E-state index contributed by atoms with van der Waals surface area (Å²) in [5.74, 6) is -0.435. The third-order valence-electron chi connectivity index (χ3n) is 5.66. The Morgan fingerprint density at radius 2 is 1.90 bits per heavy atom. The van der Waals surface area contributed by atoms with Crippen LogP contribution in [-0.4, -0.2) is 45.2 Å². The van der Waals surface area contributed by atoms with Crippen molar-refractivity contribution in [2.75, 3.05) is 19.6 Å². The molecule has 2 N–H and O–H groups in total. The summed E-state index contributed by atoms with van der Waals surface area (Å²) >= 11 is 5.44. The van der Waals surface area contributed by atoms with E-state index in [-0.39, 0.29) is 5.56 Å². The first kappa shape index (κ1) is 21.4. The van der Waals surface area contributed by atoms with Crippen molar-refractivity contribution in [1.82, 2.24) is 25.1 Å². The number of likely N-dealkylation sites (tertiary alicyclic amines) is 1. The van der Waals surface area contributed by atoms with E-state index >= 15 is 0 Å². The average Bonchev–Trinajstić information content (AvgIpc) is 2.79. The predicted molar refractivity (Wildman–Crippen MR) is 124 cm³/mol. The molecule has 3 heterocycles. The molecule has 0 aliphatic carbocycles. The van der Waals surface area contributed by atoms with Gasteiger partial charge in [-0.25, -0.2) is 4.39 Å². The molecule has 0 amide bonds. The van der Waals surface area contributed by atoms with Gasteiger partial charge in [-0.15, -0.1) is 0 Å². The van der Waals surface area contributed by atoms with Gasteiger partial charge in [0, 0.05) is 50.9 Å². The summed E-state index contributed by atoms with van der Waals surface area (Å²) in [6.07, 6.45) is 3.13. The number of nitrogens with one attached hydrogen (secondary N) is 2. The lowest BCUT2D eigenvalue weighted by Gasteiger charge is -2.33. The van der Waals surface area contributed by atoms with Gasteiger partial charge in [0.1, 0.15) is 5.82 Å². The van der Waals surface area contributed by atoms with Crippen LogP contribution in [0, 0.1) is 5.82 Å². The van der Waals surface area contributed by atoms with Gasteiger partial charge in [-0.1, -0.05) is 30.3 Å². The SMILES string of the molecule is O=c1ccc2ncc(F)cc2n1CCN1CCC(NC(=S)NCc2ccccc2)CC1. The zero-order valence-electron chi connectivity index (χ0n) is 17.3. The maximum absolute atomic E-state index is 13.6. The number of rotatable bonds is 6. The van der Waals surface area contributed by atoms with Gasteiger partial charge in [-0.2, -0.15) is 0 Å². The molecular weight excluding hydrogens is 413 g/mol. The first-order chi connectivity index (χ1) is 15.1. The Morgan fingerprint density at radius 1 is 1.13 bits per heavy atom. The number of nitrogens with zero attached hydrogens (tertiary/aromatic N) is 3. The van der Waals surface area contributed by atoms with Crippen LogP contribution >= 0.6 is 12.2 Å². The van der Waals surface area contributed by atoms with Gasteiger partial charge in [0.25, 0.3) is 5.56 Å². The average molecular weight is 440 g/mol. The minimum atomic E-state index is -0.435. The van der Waals surface area contributed by atoms with Crippen LogP contribution in [0.3, 0.4) is 0 Å². The summed E-state index contributed by atoms with van der Waals surface area (Å²) in [5, 5.41) is 7.36. The lowest BCUT2D eigenvalue weighted by Crippen LogP contribution is -2.48. The molecule has 162 valence electrons. The highest BCUT2D eigenvalue weighted by molar-refractivity contribution is 7.80. The number of thiocarbonyl (C=S) groups is 1. The van der Waals surface area contributed by atoms with Crippen LogP contribution in [0.1, 0.15) is 18.4 Å². The van der Waals surface area contributed by atoms with Crippen molar-refractivity contribution in [2.24, 2.45) is 0 Å². The Hall–Kier alpha value is -2.84. The second-order valence-corrected chi connectivity index (χ2v) is 8.22. The number of hydrogen-bond donors (Lipinski definition) is 2. The maximum Gasteiger partial charge on any atom is 0.251 e. The maximum atomic E-state index is 13.6. The molecule has 1 saturated heterocycles. The third-order valence-corrected chi connectivity index (χ3v) is 5.93. The molecule has 0 atom stereocenters. The molecule has 0 radical (unpaired) electrons. The van der Waals surface area contributed by atoms with Crippen molar-refractivity contribution < 1.29 is 4.39 Å². The highest BCUT2D eigenvalue weighted by Gasteiger charge is 2.20. The fourth-order valence-electron chi connectivity index (χ4n) is 3.93. The zero-order valence-corrected chi connectivity index (χ0v) is 18.1. The normalized spacial score (nSPS) is 15.1. The van der Waals surface area contributed by atoms with Crippen LogP contribution in [0.25, 0.3) is 11.0 Å². The summed E-state index contributed by atoms with van der Waals surface area (Å²) in [7, 11) is 0. The summed E-state index contributed by atoms with van der Waals surface area (Å²) in [4.78, 5) is 18.7. The Kier molecular flexibility index (Phi) is 6.89. The fourth-order valence-corrected chi connectivity index (χ4v) is 4.17. The van der Waals surface area contributed by atoms with Crippen LogP contribution < -0.4 is 16.2 Å². The van der Waals surface area contributed by atoms with Gasteiger partial charge >= 0.3 is 0 Å². The predicted octanol–water partition coefficient (Wildman–Crippen LogP) is 2.66. The number of benzene rings is 1. The number of halogens is 1. The van der Waals surface area contributed by atoms with E-state index in [2.05, 4.69) is 32.7 Å². The van der Waals surface area contributed by atoms with Gasteiger partial charge in [0.15, 0.2) is 5.11 Å². The van der Waals surface area contributed by atoms with Crippen molar-refractivity contribution in [3.05, 3.63) is 76.5 Å². The Balaban J connectivity index is 1.25. The van der Waals surface area contributed by atoms with E-state index in [1.54, 1.807) is 10.6 Å². The van der Waals surface area contributed by atoms with Crippen LogP contribution in [0.5, 0.6) is 0 Å². The van der Waals surface area contributed by atoms with Crippen molar-refractivity contribution >= 4 is 28.4 Å². The van der Waals surface area contributed by atoms with E-state index in [4.69, 9.17) is 12.2 Å². The highest BCUT2D eigenvalue weighted by atomic mass is 32.1. The lowest BCUT2D eigenvalue weighted by molar-refractivity contribution is 0.200. The third kappa shape index (κ3) is 5.65. The van der Waals surface area contributed by atoms with Crippen molar-refractivity contribution in [3.63, 3.8) is 0 Å². The molecule has 1 fully saturated rings. The molecule has 1 aliphatic heterocycles. The van der Waals surface area contributed by atoms with E-state index in [9.17, 15) is 9.18 Å². The monoisotopic (exact) mass is 439 g/mol. The molecule has 0 saturated carbocycles. The van der Waals surface area contributed by atoms with Crippen molar-refractivity contribution in [3.8, 4) is 0 Å². The summed E-state index contributed by atoms with van der Waals surface area (Å²) in [6.45, 7) is 3.80. The molecule has 8 heteroatoms. The van der Waals surface area contributed by atoms with Crippen LogP contribution in [0.15, 0.2) is 59.5 Å². The Labute approximate surface area is 186 Å². The molecular formula is C23H26FN5OS. The van der Waals surface area contributed by atoms with Gasteiger partial charge in [0.2, 0.25) is 0 Å². The quantitative estimate of drug-likeness (QED) is 0.576. The topological polar surface area (TPSA) is 62.2 Å². The number of pyridine rings is 2.